The summed E-state index contributed by atoms with van der Waals surface area (Å²) < 4.78 is 0. The zero-order valence-corrected chi connectivity index (χ0v) is 9.96. The molecule has 0 saturated heterocycles. The van der Waals surface area contributed by atoms with Crippen LogP contribution in [0.5, 0.6) is 0 Å². The number of carboxylic acids is 1. The summed E-state index contributed by atoms with van der Waals surface area (Å²) in [7, 11) is 0. The molecule has 11 heavy (non-hydrogen) atoms. The van der Waals surface area contributed by atoms with E-state index in [1.165, 1.54) is 0 Å². The summed E-state index contributed by atoms with van der Waals surface area (Å²) in [6.07, 6.45) is -0.278. The molecule has 0 spiro atoms. The van der Waals surface area contributed by atoms with Crippen molar-refractivity contribution < 1.29 is 66.1 Å². The van der Waals surface area contributed by atoms with Gasteiger partial charge < -0.3 is 9.90 Å². The molecule has 1 aromatic heterocycles. The van der Waals surface area contributed by atoms with Crippen LogP contribution >= 0.6 is 11.3 Å². The van der Waals surface area contributed by atoms with Crippen molar-refractivity contribution in [2.75, 3.05) is 0 Å². The van der Waals surface area contributed by atoms with E-state index in [9.17, 15) is 0 Å². The fourth-order valence-electron chi connectivity index (χ4n) is 0.227. The summed E-state index contributed by atoms with van der Waals surface area (Å²) in [4.78, 5) is 17.7. The van der Waals surface area contributed by atoms with E-state index in [2.05, 4.69) is 0 Å². The molecule has 0 saturated carbocycles. The van der Waals surface area contributed by atoms with Crippen LogP contribution in [0.15, 0.2) is 22.9 Å². The first-order valence-electron chi connectivity index (χ1n) is 2.40. The Morgan fingerprint density at radius 1 is 1.36 bits per heavy atom. The molecule has 0 radical (unpaired) electrons. The molecule has 0 bridgehead atoms. The number of thiophene rings is 1. The quantitative estimate of drug-likeness (QED) is 0.268. The number of hydrogen-bond donors (Lipinski definition) is 0. The molecule has 0 amide bonds. The third-order valence-electron chi connectivity index (χ3n) is 0.522. The van der Waals surface area contributed by atoms with Crippen molar-refractivity contribution in [2.45, 2.75) is 0 Å². The molecule has 0 fully saturated rings. The standard InChI is InChI=1S/C4H4S.C2H2O3.K/c1-2-4-5-3-1;3-1-2(4)5;/h1-4H;1H,(H,4,5);/q;;+1/p-1. The van der Waals surface area contributed by atoms with E-state index in [4.69, 9.17) is 14.7 Å². The van der Waals surface area contributed by atoms with Crippen molar-refractivity contribution in [3.8, 4) is 0 Å². The molecule has 0 aromatic carbocycles. The van der Waals surface area contributed by atoms with Gasteiger partial charge in [-0.25, -0.2) is 0 Å². The SMILES string of the molecule is O=CC(=O)[O-].[K+].c1ccsc1. The van der Waals surface area contributed by atoms with Gasteiger partial charge >= 0.3 is 51.4 Å². The maximum atomic E-state index is 8.89. The van der Waals surface area contributed by atoms with Crippen LogP contribution in [-0.2, 0) is 9.59 Å². The summed E-state index contributed by atoms with van der Waals surface area (Å²) in [5, 5.41) is 13.0. The van der Waals surface area contributed by atoms with E-state index in [1.807, 2.05) is 22.9 Å². The van der Waals surface area contributed by atoms with Crippen molar-refractivity contribution in [3.05, 3.63) is 22.9 Å². The predicted molar refractivity (Wildman–Crippen MR) is 35.4 cm³/mol. The van der Waals surface area contributed by atoms with Crippen LogP contribution in [0.25, 0.3) is 0 Å². The molecule has 0 aliphatic rings. The van der Waals surface area contributed by atoms with Gasteiger partial charge in [-0.05, 0) is 10.8 Å². The van der Waals surface area contributed by atoms with Crippen molar-refractivity contribution in [1.82, 2.24) is 0 Å². The zero-order chi connectivity index (χ0) is 7.82. The smallest absolute Gasteiger partial charge is 0.542 e. The van der Waals surface area contributed by atoms with Gasteiger partial charge in [-0.15, -0.1) is 0 Å². The Morgan fingerprint density at radius 2 is 1.73 bits per heavy atom. The topological polar surface area (TPSA) is 57.2 Å². The largest absolute Gasteiger partial charge is 1.00 e. The molecular formula is C6H5KO3S. The first-order chi connectivity index (χ1) is 4.77. The Bertz CT molecular complexity index is 168. The normalized spacial score (nSPS) is 6.55. The number of carbonyl (C=O) groups excluding carboxylic acids is 2. The summed E-state index contributed by atoms with van der Waals surface area (Å²) in [6.45, 7) is 0. The number of carbonyl (C=O) groups is 2. The number of aliphatic carboxylic acids is 1. The summed E-state index contributed by atoms with van der Waals surface area (Å²) >= 11 is 1.71. The van der Waals surface area contributed by atoms with E-state index in [0.29, 0.717) is 0 Å². The minimum absolute atomic E-state index is 0. The number of rotatable bonds is 1. The minimum Gasteiger partial charge on any atom is -0.542 e. The monoisotopic (exact) mass is 196 g/mol. The Labute approximate surface area is 111 Å². The van der Waals surface area contributed by atoms with Crippen LogP contribution in [0.1, 0.15) is 0 Å². The molecule has 0 aliphatic heterocycles. The number of aldehydes is 1. The first-order valence-corrected chi connectivity index (χ1v) is 3.35. The maximum absolute atomic E-state index is 8.89. The van der Waals surface area contributed by atoms with Crippen LogP contribution in [0, 0.1) is 0 Å². The summed E-state index contributed by atoms with van der Waals surface area (Å²) in [5.41, 5.74) is 0. The fourth-order valence-corrected chi connectivity index (χ4v) is 0.680. The van der Waals surface area contributed by atoms with Gasteiger partial charge in [0.15, 0.2) is 6.29 Å². The van der Waals surface area contributed by atoms with Crippen molar-refractivity contribution in [1.29, 1.82) is 0 Å². The maximum Gasteiger partial charge on any atom is 1.00 e. The van der Waals surface area contributed by atoms with Gasteiger partial charge in [-0.3, -0.25) is 4.79 Å². The van der Waals surface area contributed by atoms with Gasteiger partial charge in [0.25, 0.3) is 0 Å². The van der Waals surface area contributed by atoms with Crippen molar-refractivity contribution >= 4 is 23.6 Å². The third kappa shape index (κ3) is 13.5. The third-order valence-corrected chi connectivity index (χ3v) is 1.15. The van der Waals surface area contributed by atoms with Gasteiger partial charge in [0.2, 0.25) is 0 Å². The predicted octanol–water partition coefficient (Wildman–Crippen LogP) is -3.31. The van der Waals surface area contributed by atoms with Crippen molar-refractivity contribution in [2.24, 2.45) is 0 Å². The van der Waals surface area contributed by atoms with Gasteiger partial charge in [0.05, 0.1) is 0 Å². The Morgan fingerprint density at radius 3 is 1.82 bits per heavy atom. The van der Waals surface area contributed by atoms with Crippen LogP contribution in [0.3, 0.4) is 0 Å². The van der Waals surface area contributed by atoms with E-state index in [-0.39, 0.29) is 57.7 Å². The molecule has 0 unspecified atom stereocenters. The van der Waals surface area contributed by atoms with Gasteiger partial charge in [0.1, 0.15) is 5.97 Å². The molecule has 5 heteroatoms. The fraction of sp³-hybridized carbons (Fsp3) is 0. The van der Waals surface area contributed by atoms with E-state index in [0.717, 1.165) is 0 Å². The molecule has 1 rings (SSSR count). The molecule has 3 nitrogen and oxygen atoms in total. The zero-order valence-electron chi connectivity index (χ0n) is 6.02. The molecule has 1 aromatic rings. The average molecular weight is 196 g/mol. The Balaban J connectivity index is 0. The summed E-state index contributed by atoms with van der Waals surface area (Å²) in [5.74, 6) is -1.68. The van der Waals surface area contributed by atoms with Crippen LogP contribution in [-0.4, -0.2) is 12.3 Å². The molecule has 0 N–H and O–H groups in total. The molecule has 54 valence electrons. The average Bonchev–Trinajstić information content (AvgIpc) is 2.43. The molecule has 0 aliphatic carbocycles. The first kappa shape index (κ1) is 14.0. The second kappa shape index (κ2) is 10.5. The minimum atomic E-state index is -1.68. The van der Waals surface area contributed by atoms with Crippen LogP contribution in [0.4, 0.5) is 0 Å². The summed E-state index contributed by atoms with van der Waals surface area (Å²) in [6, 6.07) is 4.04. The molecule has 1 heterocycles. The van der Waals surface area contributed by atoms with Crippen molar-refractivity contribution in [3.63, 3.8) is 0 Å². The van der Waals surface area contributed by atoms with Gasteiger partial charge in [0, 0.05) is 0 Å². The van der Waals surface area contributed by atoms with Gasteiger partial charge in [-0.2, -0.15) is 11.3 Å². The van der Waals surface area contributed by atoms with E-state index < -0.39 is 5.97 Å². The van der Waals surface area contributed by atoms with Crippen LogP contribution < -0.4 is 56.5 Å². The van der Waals surface area contributed by atoms with Crippen LogP contribution in [0.2, 0.25) is 0 Å². The molecule has 0 atom stereocenters. The Hall–Kier alpha value is 0.476. The van der Waals surface area contributed by atoms with E-state index >= 15 is 0 Å². The van der Waals surface area contributed by atoms with E-state index in [1.54, 1.807) is 11.3 Å². The second-order valence-electron chi connectivity index (χ2n) is 1.23. The van der Waals surface area contributed by atoms with Gasteiger partial charge in [-0.1, -0.05) is 12.1 Å². The number of hydrogen-bond acceptors (Lipinski definition) is 4. The second-order valence-corrected chi connectivity index (χ2v) is 2.05. The number of carboxylic acid groups (broad SMARTS) is 1. The Kier molecular flexibility index (Phi) is 13.4. The molecular weight excluding hydrogens is 191 g/mol.